The molecule has 1 unspecified atom stereocenters. The van der Waals surface area contributed by atoms with Crippen LogP contribution < -0.4 is 0 Å². The molecular formula is C13H21FO. The average molecular weight is 212 g/mol. The summed E-state index contributed by atoms with van der Waals surface area (Å²) in [6.07, 6.45) is 8.04. The van der Waals surface area contributed by atoms with Gasteiger partial charge in [-0.3, -0.25) is 4.79 Å². The Morgan fingerprint density at radius 1 is 1.13 bits per heavy atom. The van der Waals surface area contributed by atoms with E-state index in [1.165, 1.54) is 32.1 Å². The van der Waals surface area contributed by atoms with E-state index in [1.807, 2.05) is 0 Å². The van der Waals surface area contributed by atoms with Crippen molar-refractivity contribution in [2.45, 2.75) is 64.5 Å². The molecule has 0 aliphatic heterocycles. The summed E-state index contributed by atoms with van der Waals surface area (Å²) in [7, 11) is 0. The molecule has 0 amide bonds. The van der Waals surface area contributed by atoms with Crippen LogP contribution in [0.25, 0.3) is 0 Å². The van der Waals surface area contributed by atoms with Crippen LogP contribution in [0, 0.1) is 11.8 Å². The van der Waals surface area contributed by atoms with Gasteiger partial charge in [-0.2, -0.15) is 0 Å². The monoisotopic (exact) mass is 212 g/mol. The van der Waals surface area contributed by atoms with E-state index in [1.54, 1.807) is 0 Å². The highest BCUT2D eigenvalue weighted by Crippen LogP contribution is 2.10. The van der Waals surface area contributed by atoms with Crippen molar-refractivity contribution in [2.75, 3.05) is 0 Å². The Bertz CT molecular complexity index is 202. The maximum atomic E-state index is 12.9. The van der Waals surface area contributed by atoms with Gasteiger partial charge < -0.3 is 0 Å². The van der Waals surface area contributed by atoms with Crippen molar-refractivity contribution in [3.63, 3.8) is 0 Å². The van der Waals surface area contributed by atoms with Gasteiger partial charge in [0.2, 0.25) is 0 Å². The van der Waals surface area contributed by atoms with Gasteiger partial charge in [-0.05, 0) is 18.8 Å². The molecule has 0 aromatic heterocycles. The highest BCUT2D eigenvalue weighted by atomic mass is 19.1. The fraction of sp³-hybridized carbons (Fsp3) is 0.769. The quantitative estimate of drug-likeness (QED) is 0.341. The Morgan fingerprint density at radius 2 is 1.73 bits per heavy atom. The number of hydrogen-bond acceptors (Lipinski definition) is 1. The molecule has 0 saturated carbocycles. The molecule has 0 radical (unpaired) electrons. The number of rotatable bonds is 8. The molecule has 0 bridgehead atoms. The Kier molecular flexibility index (Phi) is 10.6. The first-order valence-electron chi connectivity index (χ1n) is 5.90. The molecule has 0 fully saturated rings. The van der Waals surface area contributed by atoms with Gasteiger partial charge in [-0.1, -0.05) is 51.4 Å². The van der Waals surface area contributed by atoms with Crippen molar-refractivity contribution >= 4 is 6.29 Å². The summed E-state index contributed by atoms with van der Waals surface area (Å²) < 4.78 is 12.9. The van der Waals surface area contributed by atoms with Crippen LogP contribution >= 0.6 is 0 Å². The third-order valence-electron chi connectivity index (χ3n) is 2.36. The highest BCUT2D eigenvalue weighted by molar-refractivity contribution is 5.72. The molecular weight excluding hydrogens is 191 g/mol. The van der Waals surface area contributed by atoms with Gasteiger partial charge in [0, 0.05) is 0 Å². The van der Waals surface area contributed by atoms with E-state index in [0.717, 1.165) is 12.8 Å². The zero-order valence-corrected chi connectivity index (χ0v) is 9.60. The second-order valence-corrected chi connectivity index (χ2v) is 3.78. The summed E-state index contributed by atoms with van der Waals surface area (Å²) in [5.41, 5.74) is 0. The van der Waals surface area contributed by atoms with Crippen molar-refractivity contribution in [3.05, 3.63) is 0 Å². The van der Waals surface area contributed by atoms with E-state index < -0.39 is 6.17 Å². The lowest BCUT2D eigenvalue weighted by molar-refractivity contribution is -0.103. The molecule has 1 atom stereocenters. The van der Waals surface area contributed by atoms with Crippen LogP contribution in [0.2, 0.25) is 0 Å². The lowest BCUT2D eigenvalue weighted by atomic mass is 10.1. The molecule has 0 rings (SSSR count). The first-order valence-corrected chi connectivity index (χ1v) is 5.90. The molecule has 0 aromatic rings. The van der Waals surface area contributed by atoms with Gasteiger partial charge in [-0.25, -0.2) is 4.39 Å². The van der Waals surface area contributed by atoms with E-state index in [9.17, 15) is 9.18 Å². The average Bonchev–Trinajstić information content (AvgIpc) is 2.25. The van der Waals surface area contributed by atoms with Crippen LogP contribution in [-0.2, 0) is 4.79 Å². The maximum absolute atomic E-state index is 12.9. The zero-order chi connectivity index (χ0) is 11.4. The van der Waals surface area contributed by atoms with Gasteiger partial charge in [0.1, 0.15) is 0 Å². The minimum Gasteiger partial charge on any atom is -0.289 e. The predicted molar refractivity (Wildman–Crippen MR) is 61.3 cm³/mol. The second-order valence-electron chi connectivity index (χ2n) is 3.78. The largest absolute Gasteiger partial charge is 0.289 e. The normalized spacial score (nSPS) is 11.6. The number of aldehydes is 1. The van der Waals surface area contributed by atoms with E-state index in [4.69, 9.17) is 0 Å². The number of hydrogen-bond donors (Lipinski definition) is 0. The molecule has 0 aromatic carbocycles. The SMILES string of the molecule is CCCCCCCCCC(F)C#CC=O. The van der Waals surface area contributed by atoms with Gasteiger partial charge in [-0.15, -0.1) is 0 Å². The topological polar surface area (TPSA) is 17.1 Å². The number of halogens is 1. The van der Waals surface area contributed by atoms with Gasteiger partial charge in [0.25, 0.3) is 0 Å². The van der Waals surface area contributed by atoms with Crippen LogP contribution in [-0.4, -0.2) is 12.5 Å². The smallest absolute Gasteiger partial charge is 0.192 e. The summed E-state index contributed by atoms with van der Waals surface area (Å²) >= 11 is 0. The Morgan fingerprint density at radius 3 is 2.33 bits per heavy atom. The van der Waals surface area contributed by atoms with Crippen LogP contribution in [0.3, 0.4) is 0 Å². The Hall–Kier alpha value is -0.840. The van der Waals surface area contributed by atoms with E-state index >= 15 is 0 Å². The lowest BCUT2D eigenvalue weighted by Gasteiger charge is -2.01. The highest BCUT2D eigenvalue weighted by Gasteiger charge is 2.00. The van der Waals surface area contributed by atoms with Gasteiger partial charge >= 0.3 is 0 Å². The number of unbranched alkanes of at least 4 members (excludes halogenated alkanes) is 6. The fourth-order valence-electron chi connectivity index (χ4n) is 1.48. The lowest BCUT2D eigenvalue weighted by Crippen LogP contribution is -1.95. The summed E-state index contributed by atoms with van der Waals surface area (Å²) in [5, 5.41) is 0. The van der Waals surface area contributed by atoms with Crippen molar-refractivity contribution in [3.8, 4) is 11.8 Å². The number of alkyl halides is 1. The van der Waals surface area contributed by atoms with Crippen molar-refractivity contribution in [1.82, 2.24) is 0 Å². The Balaban J connectivity index is 3.19. The maximum Gasteiger partial charge on any atom is 0.192 e. The van der Waals surface area contributed by atoms with Gasteiger partial charge in [0.15, 0.2) is 12.5 Å². The summed E-state index contributed by atoms with van der Waals surface area (Å²) in [6, 6.07) is 0. The molecule has 0 heterocycles. The number of carbonyl (C=O) groups is 1. The van der Waals surface area contributed by atoms with Gasteiger partial charge in [0.05, 0.1) is 0 Å². The van der Waals surface area contributed by atoms with Crippen molar-refractivity contribution in [2.24, 2.45) is 0 Å². The third-order valence-corrected chi connectivity index (χ3v) is 2.36. The molecule has 1 nitrogen and oxygen atoms in total. The molecule has 0 saturated heterocycles. The van der Waals surface area contributed by atoms with Crippen LogP contribution in [0.15, 0.2) is 0 Å². The summed E-state index contributed by atoms with van der Waals surface area (Å²) in [6.45, 7) is 2.19. The fourth-order valence-corrected chi connectivity index (χ4v) is 1.48. The molecule has 0 spiro atoms. The number of carbonyl (C=O) groups excluding carboxylic acids is 1. The van der Waals surface area contributed by atoms with E-state index in [-0.39, 0.29) is 0 Å². The Labute approximate surface area is 92.4 Å². The molecule has 15 heavy (non-hydrogen) atoms. The zero-order valence-electron chi connectivity index (χ0n) is 9.60. The summed E-state index contributed by atoms with van der Waals surface area (Å²) in [5.74, 6) is 4.37. The van der Waals surface area contributed by atoms with Crippen molar-refractivity contribution < 1.29 is 9.18 Å². The molecule has 0 aliphatic rings. The van der Waals surface area contributed by atoms with Crippen LogP contribution in [0.1, 0.15) is 58.3 Å². The van der Waals surface area contributed by atoms with E-state index in [0.29, 0.717) is 12.7 Å². The first kappa shape index (κ1) is 14.2. The molecule has 0 aliphatic carbocycles. The van der Waals surface area contributed by atoms with Crippen LogP contribution in [0.4, 0.5) is 4.39 Å². The second kappa shape index (κ2) is 11.2. The minimum atomic E-state index is -1.12. The van der Waals surface area contributed by atoms with Crippen LogP contribution in [0.5, 0.6) is 0 Å². The standard InChI is InChI=1S/C13H21FO/c1-2-3-4-5-6-7-8-10-13(14)11-9-12-15/h12-13H,2-8,10H2,1H3. The molecule has 86 valence electrons. The predicted octanol–water partition coefficient (Wildman–Crippen LogP) is 3.67. The molecule has 0 N–H and O–H groups in total. The summed E-state index contributed by atoms with van der Waals surface area (Å²) in [4.78, 5) is 9.85. The third kappa shape index (κ3) is 11.1. The van der Waals surface area contributed by atoms with Crippen molar-refractivity contribution in [1.29, 1.82) is 0 Å². The van der Waals surface area contributed by atoms with E-state index in [2.05, 4.69) is 18.8 Å². The first-order chi connectivity index (χ1) is 7.31. The minimum absolute atomic E-state index is 0.442. The molecule has 2 heteroatoms.